The second-order valence-corrected chi connectivity index (χ2v) is 6.83. The van der Waals surface area contributed by atoms with Crippen LogP contribution in [0.15, 0.2) is 30.6 Å². The van der Waals surface area contributed by atoms with Gasteiger partial charge in [0.05, 0.1) is 28.2 Å². The fourth-order valence-electron chi connectivity index (χ4n) is 2.83. The third-order valence-electron chi connectivity index (χ3n) is 4.42. The number of hydrogen-bond acceptors (Lipinski definition) is 6. The lowest BCUT2D eigenvalue weighted by Gasteiger charge is -2.15. The van der Waals surface area contributed by atoms with Gasteiger partial charge in [-0.15, -0.1) is 0 Å². The molecule has 0 bridgehead atoms. The number of benzene rings is 1. The number of carbonyl (C=O) groups excluding carboxylic acids is 1. The summed E-state index contributed by atoms with van der Waals surface area (Å²) in [5, 5.41) is 16.2. The van der Waals surface area contributed by atoms with Crippen molar-refractivity contribution in [2.45, 2.75) is 13.3 Å². The molecule has 1 aromatic carbocycles. The van der Waals surface area contributed by atoms with Crippen molar-refractivity contribution in [1.82, 2.24) is 25.3 Å². The number of likely N-dealkylation sites (N-methyl/N-ethyl adjacent to an activating group) is 1. The van der Waals surface area contributed by atoms with E-state index < -0.39 is 0 Å². The molecule has 2 heterocycles. The van der Waals surface area contributed by atoms with Crippen molar-refractivity contribution in [3.05, 3.63) is 58.0 Å². The number of ether oxygens (including phenoxy) is 1. The lowest BCUT2D eigenvalue weighted by molar-refractivity contribution is 0.111. The summed E-state index contributed by atoms with van der Waals surface area (Å²) in [6, 6.07) is 5.63. The molecule has 28 heavy (non-hydrogen) atoms. The number of aryl methyl sites for hydroxylation is 1. The largest absolute Gasteiger partial charge is 0.490 e. The predicted molar refractivity (Wildman–Crippen MR) is 108 cm³/mol. The highest BCUT2D eigenvalue weighted by Gasteiger charge is 2.16. The van der Waals surface area contributed by atoms with Crippen molar-refractivity contribution < 1.29 is 9.53 Å². The second kappa shape index (κ2) is 8.95. The highest BCUT2D eigenvalue weighted by Crippen LogP contribution is 2.34. The van der Waals surface area contributed by atoms with Crippen LogP contribution in [0.2, 0.25) is 5.02 Å². The number of aromatic nitrogens is 4. The van der Waals surface area contributed by atoms with Crippen LogP contribution in [0.3, 0.4) is 0 Å². The van der Waals surface area contributed by atoms with Crippen molar-refractivity contribution in [2.24, 2.45) is 7.05 Å². The number of carbonyl (C=O) groups is 1. The lowest BCUT2D eigenvalue weighted by atomic mass is 10.00. The van der Waals surface area contributed by atoms with Gasteiger partial charge in [-0.1, -0.05) is 11.6 Å². The van der Waals surface area contributed by atoms with E-state index >= 15 is 0 Å². The molecular weight excluding hydrogens is 378 g/mol. The number of nitrogens with one attached hydrogen (secondary N) is 1. The zero-order valence-corrected chi connectivity index (χ0v) is 16.8. The summed E-state index contributed by atoms with van der Waals surface area (Å²) < 4.78 is 7.41. The first-order chi connectivity index (χ1) is 13.5. The minimum absolute atomic E-state index is 0.422. The molecule has 0 spiro atoms. The number of rotatable bonds is 8. The van der Waals surface area contributed by atoms with Crippen LogP contribution in [0.5, 0.6) is 5.75 Å². The van der Waals surface area contributed by atoms with Crippen LogP contribution in [0.25, 0.3) is 11.3 Å². The number of nitrogens with zero attached hydrogens (tertiary/aromatic N) is 4. The number of aldehydes is 1. The third-order valence-corrected chi connectivity index (χ3v) is 4.87. The highest BCUT2D eigenvalue weighted by molar-refractivity contribution is 6.33. The predicted octanol–water partition coefficient (Wildman–Crippen LogP) is 2.84. The van der Waals surface area contributed by atoms with E-state index in [1.807, 2.05) is 39.3 Å². The molecule has 0 saturated heterocycles. The summed E-state index contributed by atoms with van der Waals surface area (Å²) in [5.74, 6) is 0.422. The van der Waals surface area contributed by atoms with Gasteiger partial charge in [0.1, 0.15) is 12.4 Å². The molecule has 0 aliphatic rings. The van der Waals surface area contributed by atoms with E-state index in [2.05, 4.69) is 20.6 Å². The van der Waals surface area contributed by atoms with Crippen molar-refractivity contribution in [2.75, 3.05) is 20.2 Å². The third kappa shape index (κ3) is 4.37. The van der Waals surface area contributed by atoms with E-state index in [4.69, 9.17) is 16.3 Å². The zero-order chi connectivity index (χ0) is 20.1. The standard InChI is InChI=1S/C20H22ClN5O2/c1-13-14(8-15(12-27)20(19(13)21)28-7-6-22-2)9-17-4-5-18(25-24-17)16-10-23-26(3)11-16/h4-5,8,10-12,22H,6-7,9H2,1-3H3. The Morgan fingerprint density at radius 3 is 2.75 bits per heavy atom. The van der Waals surface area contributed by atoms with E-state index in [0.29, 0.717) is 35.9 Å². The Hall–Kier alpha value is -2.77. The number of hydrogen-bond donors (Lipinski definition) is 1. The van der Waals surface area contributed by atoms with Crippen LogP contribution in [-0.2, 0) is 13.5 Å². The van der Waals surface area contributed by atoms with Crippen molar-refractivity contribution in [3.63, 3.8) is 0 Å². The van der Waals surface area contributed by atoms with Gasteiger partial charge in [-0.3, -0.25) is 9.48 Å². The quantitative estimate of drug-likeness (QED) is 0.463. The topological polar surface area (TPSA) is 81.9 Å². The smallest absolute Gasteiger partial charge is 0.153 e. The molecule has 0 amide bonds. The fraction of sp³-hybridized carbons (Fsp3) is 0.300. The fourth-order valence-corrected chi connectivity index (χ4v) is 3.11. The second-order valence-electron chi connectivity index (χ2n) is 6.45. The van der Waals surface area contributed by atoms with Gasteiger partial charge >= 0.3 is 0 Å². The molecule has 1 N–H and O–H groups in total. The molecule has 0 saturated carbocycles. The van der Waals surface area contributed by atoms with Crippen LogP contribution in [0, 0.1) is 6.92 Å². The van der Waals surface area contributed by atoms with Crippen molar-refractivity contribution in [3.8, 4) is 17.0 Å². The summed E-state index contributed by atoms with van der Waals surface area (Å²) in [5.41, 5.74) is 4.66. The minimum Gasteiger partial charge on any atom is -0.490 e. The molecular formula is C20H22ClN5O2. The molecule has 0 atom stereocenters. The summed E-state index contributed by atoms with van der Waals surface area (Å²) in [4.78, 5) is 11.5. The summed E-state index contributed by atoms with van der Waals surface area (Å²) in [7, 11) is 3.69. The molecule has 3 rings (SSSR count). The van der Waals surface area contributed by atoms with Gasteiger partial charge in [-0.2, -0.15) is 15.3 Å². The maximum absolute atomic E-state index is 11.5. The van der Waals surface area contributed by atoms with Crippen molar-refractivity contribution >= 4 is 17.9 Å². The van der Waals surface area contributed by atoms with E-state index in [1.165, 1.54) is 0 Å². The van der Waals surface area contributed by atoms with Crippen LogP contribution < -0.4 is 10.1 Å². The summed E-state index contributed by atoms with van der Waals surface area (Å²) >= 11 is 6.49. The van der Waals surface area contributed by atoms with Gasteiger partial charge in [0, 0.05) is 31.8 Å². The van der Waals surface area contributed by atoms with Crippen LogP contribution in [-0.4, -0.2) is 46.5 Å². The molecule has 2 aromatic heterocycles. The number of halogens is 1. The van der Waals surface area contributed by atoms with Gasteiger partial charge in [0.25, 0.3) is 0 Å². The molecule has 7 nitrogen and oxygen atoms in total. The Morgan fingerprint density at radius 2 is 2.14 bits per heavy atom. The molecule has 0 fully saturated rings. The van der Waals surface area contributed by atoms with Crippen molar-refractivity contribution in [1.29, 1.82) is 0 Å². The molecule has 0 aliphatic carbocycles. The summed E-state index contributed by atoms with van der Waals surface area (Å²) in [6.45, 7) is 3.00. The average Bonchev–Trinajstić information content (AvgIpc) is 3.14. The highest BCUT2D eigenvalue weighted by atomic mass is 35.5. The normalized spacial score (nSPS) is 10.9. The first-order valence-corrected chi connectivity index (χ1v) is 9.27. The van der Waals surface area contributed by atoms with Gasteiger partial charge in [0.2, 0.25) is 0 Å². The Morgan fingerprint density at radius 1 is 1.32 bits per heavy atom. The average molecular weight is 400 g/mol. The van der Waals surface area contributed by atoms with E-state index in [1.54, 1.807) is 16.9 Å². The summed E-state index contributed by atoms with van der Waals surface area (Å²) in [6.07, 6.45) is 4.91. The Balaban J connectivity index is 1.83. The molecule has 0 radical (unpaired) electrons. The van der Waals surface area contributed by atoms with Crippen LogP contribution in [0.4, 0.5) is 0 Å². The van der Waals surface area contributed by atoms with E-state index in [9.17, 15) is 4.79 Å². The molecule has 3 aromatic rings. The van der Waals surface area contributed by atoms with E-state index in [-0.39, 0.29) is 0 Å². The lowest BCUT2D eigenvalue weighted by Crippen LogP contribution is -2.17. The molecule has 8 heteroatoms. The van der Waals surface area contributed by atoms with Crippen LogP contribution >= 0.6 is 11.6 Å². The molecule has 146 valence electrons. The zero-order valence-electron chi connectivity index (χ0n) is 16.1. The van der Waals surface area contributed by atoms with Gasteiger partial charge in [-0.05, 0) is 43.3 Å². The Labute approximate surface area is 168 Å². The molecule has 0 unspecified atom stereocenters. The Kier molecular flexibility index (Phi) is 6.38. The van der Waals surface area contributed by atoms with Gasteiger partial charge in [-0.25, -0.2) is 0 Å². The molecule has 0 aliphatic heterocycles. The first-order valence-electron chi connectivity index (χ1n) is 8.89. The van der Waals surface area contributed by atoms with Crippen LogP contribution in [0.1, 0.15) is 27.2 Å². The van der Waals surface area contributed by atoms with Gasteiger partial charge in [0.15, 0.2) is 6.29 Å². The minimum atomic E-state index is 0.422. The Bertz CT molecular complexity index is 969. The van der Waals surface area contributed by atoms with Gasteiger partial charge < -0.3 is 10.1 Å². The monoisotopic (exact) mass is 399 g/mol. The first kappa shape index (κ1) is 20.0. The maximum atomic E-state index is 11.5. The van der Waals surface area contributed by atoms with E-state index in [0.717, 1.165) is 34.4 Å². The SMILES string of the molecule is CNCCOc1c(C=O)cc(Cc2ccc(-c3cnn(C)c3)nn2)c(C)c1Cl. The maximum Gasteiger partial charge on any atom is 0.153 e.